The molecule has 0 heterocycles. The number of nitrogens with zero attached hydrogens (tertiary/aromatic N) is 1. The fourth-order valence-corrected chi connectivity index (χ4v) is 9.40. The zero-order chi connectivity index (χ0) is 40.4. The van der Waals surface area contributed by atoms with E-state index >= 15 is 4.57 Å². The van der Waals surface area contributed by atoms with Crippen LogP contribution in [0.1, 0.15) is 81.5 Å². The van der Waals surface area contributed by atoms with E-state index in [9.17, 15) is 21.6 Å². The van der Waals surface area contributed by atoms with Crippen LogP contribution in [0.15, 0.2) is 107 Å². The average molecular weight is 791 g/mol. The van der Waals surface area contributed by atoms with E-state index in [-0.39, 0.29) is 46.5 Å². The van der Waals surface area contributed by atoms with Gasteiger partial charge in [-0.05, 0) is 76.4 Å². The third-order valence-electron chi connectivity index (χ3n) is 7.84. The number of alkyl halides is 3. The smallest absolute Gasteiger partial charge is 0.475 e. The molecule has 4 aromatic rings. The summed E-state index contributed by atoms with van der Waals surface area (Å²) >= 11 is 0. The summed E-state index contributed by atoms with van der Waals surface area (Å²) in [5.41, 5.74) is 14.7. The van der Waals surface area contributed by atoms with Gasteiger partial charge in [-0.1, -0.05) is 102 Å². The van der Waals surface area contributed by atoms with Gasteiger partial charge in [0.05, 0.1) is 10.6 Å². The molecule has 0 saturated carbocycles. The normalized spacial score (nSPS) is 12.5. The fraction of sp³-hybridized carbons (Fsp3) is 0.316. The van der Waals surface area contributed by atoms with Gasteiger partial charge in [0.2, 0.25) is 10.0 Å². The Balaban J connectivity index is 0.00000102. The van der Waals surface area contributed by atoms with Crippen molar-refractivity contribution in [3.63, 3.8) is 0 Å². The van der Waals surface area contributed by atoms with Gasteiger partial charge in [-0.3, -0.25) is 0 Å². The highest BCUT2D eigenvalue weighted by Gasteiger charge is 2.43. The monoisotopic (exact) mass is 790 g/mol. The number of rotatable bonds is 14. The van der Waals surface area contributed by atoms with Crippen molar-refractivity contribution in [2.75, 3.05) is 0 Å². The summed E-state index contributed by atoms with van der Waals surface area (Å²) in [5, 5.41) is 7.12. The summed E-state index contributed by atoms with van der Waals surface area (Å²) in [6.45, 7) is 12.1. The molecule has 4 rings (SSSR count). The number of carboxylic acids is 1. The molecule has 0 aliphatic heterocycles. The van der Waals surface area contributed by atoms with Crippen LogP contribution in [0.25, 0.3) is 0 Å². The number of nitrogens with one attached hydrogen (secondary N) is 1. The molecule has 54 heavy (non-hydrogen) atoms. The molecule has 6 N–H and O–H groups in total. The third kappa shape index (κ3) is 12.4. The van der Waals surface area contributed by atoms with Gasteiger partial charge in [-0.2, -0.15) is 17.9 Å². The van der Waals surface area contributed by atoms with E-state index < -0.39 is 35.5 Å². The van der Waals surface area contributed by atoms with E-state index in [1.165, 1.54) is 0 Å². The number of carbonyl (C=O) groups is 1. The Labute approximate surface area is 314 Å². The molecular formula is C38H46F3N4O7PS. The van der Waals surface area contributed by atoms with Crippen molar-refractivity contribution in [2.24, 2.45) is 16.5 Å². The molecule has 292 valence electrons. The standard InChI is InChI=1S/C36H45N4O5PS.C2HF3O2/c1-24(2)28-22-32(25(3)4)35(33(23-28)26(5)6)47(42,43)40-34(21-27-17-19-29(20-18-27)39-36(37)38)46(41,44-30-13-9-7-10-14-30)45-31-15-11-8-12-16-31;3-2(4,5)1(6)7/h7-20,22-26,34,40H,21H2,1-6H3,(H4,37,38,39);(H,6,7). The molecular weight excluding hydrogens is 744 g/mol. The lowest BCUT2D eigenvalue weighted by molar-refractivity contribution is -0.192. The number of hydrogen-bond acceptors (Lipinski definition) is 7. The molecule has 0 aliphatic carbocycles. The second-order valence-corrected chi connectivity index (χ2v) is 16.9. The lowest BCUT2D eigenvalue weighted by Gasteiger charge is -2.30. The highest BCUT2D eigenvalue weighted by atomic mass is 32.2. The number of aliphatic imine (C=N–C) groups is 1. The number of hydrogen-bond donors (Lipinski definition) is 4. The molecule has 4 aromatic carbocycles. The molecule has 0 radical (unpaired) electrons. The first-order chi connectivity index (χ1) is 25.1. The predicted molar refractivity (Wildman–Crippen MR) is 204 cm³/mol. The van der Waals surface area contributed by atoms with E-state index in [1.807, 2.05) is 39.8 Å². The molecule has 11 nitrogen and oxygen atoms in total. The van der Waals surface area contributed by atoms with Gasteiger partial charge in [0.25, 0.3) is 0 Å². The van der Waals surface area contributed by atoms with Crippen LogP contribution >= 0.6 is 7.60 Å². The quantitative estimate of drug-likeness (QED) is 0.0551. The zero-order valence-electron chi connectivity index (χ0n) is 30.7. The number of sulfonamides is 1. The highest BCUT2D eigenvalue weighted by molar-refractivity contribution is 7.90. The van der Waals surface area contributed by atoms with Crippen LogP contribution in [0, 0.1) is 0 Å². The summed E-state index contributed by atoms with van der Waals surface area (Å²) in [5.74, 6) is -3.66. The number of aliphatic carboxylic acids is 1. The van der Waals surface area contributed by atoms with Crippen molar-refractivity contribution in [1.82, 2.24) is 4.72 Å². The third-order valence-corrected chi connectivity index (χ3v) is 11.6. The molecule has 0 aromatic heterocycles. The number of nitrogens with two attached hydrogens (primary N) is 2. The van der Waals surface area contributed by atoms with Crippen LogP contribution < -0.4 is 25.2 Å². The Morgan fingerprint density at radius 3 is 1.57 bits per heavy atom. The van der Waals surface area contributed by atoms with Crippen molar-refractivity contribution in [1.29, 1.82) is 0 Å². The minimum atomic E-state index is -5.08. The van der Waals surface area contributed by atoms with Crippen LogP contribution in [0.3, 0.4) is 0 Å². The SMILES string of the molecule is CC(C)c1cc(C(C)C)c(S(=O)(=O)NC(Cc2ccc(N=C(N)N)cc2)P(=O)(Oc2ccccc2)Oc2ccccc2)c(C(C)C)c1.O=C(O)C(F)(F)F. The van der Waals surface area contributed by atoms with Gasteiger partial charge in [0.1, 0.15) is 11.5 Å². The Morgan fingerprint density at radius 2 is 1.22 bits per heavy atom. The second kappa shape index (κ2) is 18.5. The van der Waals surface area contributed by atoms with Crippen molar-refractivity contribution in [2.45, 2.75) is 82.6 Å². The molecule has 0 fully saturated rings. The van der Waals surface area contributed by atoms with Gasteiger partial charge >= 0.3 is 19.7 Å². The molecule has 0 saturated heterocycles. The maximum Gasteiger partial charge on any atom is 0.490 e. The number of para-hydroxylation sites is 2. The first-order valence-electron chi connectivity index (χ1n) is 16.9. The number of halogens is 3. The second-order valence-electron chi connectivity index (χ2n) is 13.2. The van der Waals surface area contributed by atoms with Crippen LogP contribution in [0.2, 0.25) is 0 Å². The Kier molecular flexibility index (Phi) is 14.9. The van der Waals surface area contributed by atoms with E-state index in [1.54, 1.807) is 84.9 Å². The van der Waals surface area contributed by atoms with Crippen molar-refractivity contribution >= 4 is 35.2 Å². The van der Waals surface area contributed by atoms with Crippen LogP contribution in [0.5, 0.6) is 11.5 Å². The first kappa shape index (κ1) is 43.6. The largest absolute Gasteiger partial charge is 0.490 e. The van der Waals surface area contributed by atoms with Crippen LogP contribution in [-0.4, -0.2) is 37.4 Å². The van der Waals surface area contributed by atoms with Crippen molar-refractivity contribution < 1.29 is 45.1 Å². The molecule has 16 heteroatoms. The molecule has 0 bridgehead atoms. The Bertz CT molecular complexity index is 1970. The van der Waals surface area contributed by atoms with Crippen molar-refractivity contribution in [3.8, 4) is 11.5 Å². The number of guanidine groups is 1. The van der Waals surface area contributed by atoms with Gasteiger partial charge in [-0.15, -0.1) is 0 Å². The minimum absolute atomic E-state index is 0.0314. The van der Waals surface area contributed by atoms with E-state index in [0.29, 0.717) is 22.4 Å². The fourth-order valence-electron chi connectivity index (χ4n) is 5.14. The topological polar surface area (TPSA) is 183 Å². The first-order valence-corrected chi connectivity index (χ1v) is 20.0. The summed E-state index contributed by atoms with van der Waals surface area (Å²) < 4.78 is 91.4. The summed E-state index contributed by atoms with van der Waals surface area (Å²) in [4.78, 5) is 13.1. The van der Waals surface area contributed by atoms with Gasteiger partial charge in [-0.25, -0.2) is 22.8 Å². The molecule has 0 amide bonds. The van der Waals surface area contributed by atoms with Gasteiger partial charge in [0.15, 0.2) is 11.7 Å². The summed E-state index contributed by atoms with van der Waals surface area (Å²) in [6.07, 6.45) is -5.11. The van der Waals surface area contributed by atoms with Gasteiger partial charge in [0, 0.05) is 6.42 Å². The van der Waals surface area contributed by atoms with E-state index in [2.05, 4.69) is 23.6 Å². The van der Waals surface area contributed by atoms with Crippen LogP contribution in [0.4, 0.5) is 18.9 Å². The summed E-state index contributed by atoms with van der Waals surface area (Å²) in [7, 11) is -8.65. The number of benzene rings is 4. The number of carboxylic acid groups (broad SMARTS) is 1. The lowest BCUT2D eigenvalue weighted by Crippen LogP contribution is -2.39. The average Bonchev–Trinajstić information content (AvgIpc) is 3.08. The zero-order valence-corrected chi connectivity index (χ0v) is 32.5. The van der Waals surface area contributed by atoms with Crippen LogP contribution in [-0.2, 0) is 25.8 Å². The lowest BCUT2D eigenvalue weighted by atomic mass is 9.89. The van der Waals surface area contributed by atoms with Crippen molar-refractivity contribution in [3.05, 3.63) is 119 Å². The highest BCUT2D eigenvalue weighted by Crippen LogP contribution is 2.53. The Morgan fingerprint density at radius 1 is 0.796 bits per heavy atom. The summed E-state index contributed by atoms with van der Waals surface area (Å²) in [6, 6.07) is 28.0. The van der Waals surface area contributed by atoms with Gasteiger partial charge < -0.3 is 25.6 Å². The Hall–Kier alpha value is -4.85. The molecule has 0 aliphatic rings. The molecule has 1 unspecified atom stereocenters. The predicted octanol–water partition coefficient (Wildman–Crippen LogP) is 8.79. The maximum atomic E-state index is 15.1. The molecule has 1 atom stereocenters. The minimum Gasteiger partial charge on any atom is -0.475 e. The maximum absolute atomic E-state index is 15.1. The van der Waals surface area contributed by atoms with E-state index in [4.69, 9.17) is 30.4 Å². The molecule has 0 spiro atoms. The van der Waals surface area contributed by atoms with E-state index in [0.717, 1.165) is 5.56 Å².